The van der Waals surface area contributed by atoms with Crippen molar-refractivity contribution in [2.24, 2.45) is 0 Å². The Balaban J connectivity index is 1.96. The summed E-state index contributed by atoms with van der Waals surface area (Å²) >= 11 is 8.91. The number of hydrogen-bond donors (Lipinski definition) is 0. The van der Waals surface area contributed by atoms with Crippen LogP contribution >= 0.6 is 34.3 Å². The van der Waals surface area contributed by atoms with Gasteiger partial charge in [-0.25, -0.2) is 0 Å². The summed E-state index contributed by atoms with van der Waals surface area (Å²) in [7, 11) is 0. The molecule has 0 fully saturated rings. The van der Waals surface area contributed by atoms with E-state index in [1.807, 2.05) is 6.07 Å². The van der Waals surface area contributed by atoms with E-state index in [-0.39, 0.29) is 5.78 Å². The summed E-state index contributed by atoms with van der Waals surface area (Å²) < 4.78 is 0.666. The SMILES string of the molecule is CCN(CC(=O)c1ccc(Cl)s1)Cc1cccs1. The van der Waals surface area contributed by atoms with Crippen molar-refractivity contribution < 1.29 is 4.79 Å². The fraction of sp³-hybridized carbons (Fsp3) is 0.308. The normalized spacial score (nSPS) is 11.1. The molecule has 18 heavy (non-hydrogen) atoms. The summed E-state index contributed by atoms with van der Waals surface area (Å²) in [6.07, 6.45) is 0. The molecule has 2 aromatic rings. The smallest absolute Gasteiger partial charge is 0.186 e. The van der Waals surface area contributed by atoms with E-state index >= 15 is 0 Å². The van der Waals surface area contributed by atoms with E-state index in [1.165, 1.54) is 16.2 Å². The van der Waals surface area contributed by atoms with Crippen molar-refractivity contribution in [1.82, 2.24) is 4.90 Å². The lowest BCUT2D eigenvalue weighted by Crippen LogP contribution is -2.28. The third kappa shape index (κ3) is 3.65. The van der Waals surface area contributed by atoms with E-state index in [1.54, 1.807) is 23.5 Å². The number of ketones is 1. The molecular formula is C13H14ClNOS2. The van der Waals surface area contributed by atoms with Gasteiger partial charge in [-0.05, 0) is 30.1 Å². The van der Waals surface area contributed by atoms with Crippen LogP contribution in [0.4, 0.5) is 0 Å². The highest BCUT2D eigenvalue weighted by Gasteiger charge is 2.13. The van der Waals surface area contributed by atoms with Crippen LogP contribution in [0.1, 0.15) is 21.5 Å². The van der Waals surface area contributed by atoms with Gasteiger partial charge in [0.1, 0.15) is 0 Å². The minimum atomic E-state index is 0.144. The molecule has 0 atom stereocenters. The monoisotopic (exact) mass is 299 g/mol. The van der Waals surface area contributed by atoms with Gasteiger partial charge in [-0.1, -0.05) is 24.6 Å². The maximum Gasteiger partial charge on any atom is 0.186 e. The molecule has 2 heterocycles. The molecule has 0 aromatic carbocycles. The molecule has 0 N–H and O–H groups in total. The molecule has 0 aliphatic rings. The molecule has 0 saturated carbocycles. The first-order valence-corrected chi connectivity index (χ1v) is 7.79. The zero-order valence-corrected chi connectivity index (χ0v) is 12.4. The lowest BCUT2D eigenvalue weighted by Gasteiger charge is -2.18. The Morgan fingerprint density at radius 3 is 2.78 bits per heavy atom. The van der Waals surface area contributed by atoms with E-state index < -0.39 is 0 Å². The number of rotatable bonds is 6. The van der Waals surface area contributed by atoms with Crippen LogP contribution in [0.15, 0.2) is 29.6 Å². The van der Waals surface area contributed by atoms with Crippen LogP contribution in [0.25, 0.3) is 0 Å². The molecule has 0 amide bonds. The van der Waals surface area contributed by atoms with Crippen molar-refractivity contribution in [2.45, 2.75) is 13.5 Å². The fourth-order valence-corrected chi connectivity index (χ4v) is 3.37. The minimum absolute atomic E-state index is 0.144. The molecule has 2 nitrogen and oxygen atoms in total. The number of nitrogens with zero attached hydrogens (tertiary/aromatic N) is 1. The molecule has 5 heteroatoms. The van der Waals surface area contributed by atoms with Crippen LogP contribution in [0.3, 0.4) is 0 Å². The van der Waals surface area contributed by atoms with Gasteiger partial charge in [0, 0.05) is 11.4 Å². The minimum Gasteiger partial charge on any atom is -0.292 e. The van der Waals surface area contributed by atoms with Gasteiger partial charge >= 0.3 is 0 Å². The Morgan fingerprint density at radius 2 is 2.22 bits per heavy atom. The van der Waals surface area contributed by atoms with Crippen molar-refractivity contribution in [3.8, 4) is 0 Å². The highest BCUT2D eigenvalue weighted by molar-refractivity contribution is 7.18. The molecule has 0 bridgehead atoms. The van der Waals surface area contributed by atoms with Crippen LogP contribution in [-0.2, 0) is 6.54 Å². The lowest BCUT2D eigenvalue weighted by atomic mass is 10.3. The van der Waals surface area contributed by atoms with Crippen molar-refractivity contribution >= 4 is 40.1 Å². The summed E-state index contributed by atoms with van der Waals surface area (Å²) in [6.45, 7) is 4.22. The van der Waals surface area contributed by atoms with E-state index in [2.05, 4.69) is 23.3 Å². The summed E-state index contributed by atoms with van der Waals surface area (Å²) in [5.74, 6) is 0.144. The summed E-state index contributed by atoms with van der Waals surface area (Å²) in [5, 5.41) is 2.06. The van der Waals surface area contributed by atoms with Gasteiger partial charge < -0.3 is 0 Å². The van der Waals surface area contributed by atoms with Gasteiger partial charge in [-0.15, -0.1) is 22.7 Å². The second-order valence-electron chi connectivity index (χ2n) is 3.91. The second kappa shape index (κ2) is 6.48. The Hall–Kier alpha value is -0.680. The first kappa shape index (κ1) is 13.7. The highest BCUT2D eigenvalue weighted by atomic mass is 35.5. The number of likely N-dealkylation sites (N-methyl/N-ethyl adjacent to an activating group) is 1. The standard InChI is InChI=1S/C13H14ClNOS2/c1-2-15(8-10-4-3-7-17-10)9-11(16)12-5-6-13(14)18-12/h3-7H,2,8-9H2,1H3. The topological polar surface area (TPSA) is 20.3 Å². The highest BCUT2D eigenvalue weighted by Crippen LogP contribution is 2.22. The van der Waals surface area contributed by atoms with E-state index in [4.69, 9.17) is 11.6 Å². The zero-order valence-electron chi connectivity index (χ0n) is 10.1. The van der Waals surface area contributed by atoms with Gasteiger partial charge in [0.05, 0.1) is 15.8 Å². The fourth-order valence-electron chi connectivity index (χ4n) is 1.65. The number of halogens is 1. The molecule has 0 aliphatic heterocycles. The molecule has 0 aliphatic carbocycles. The zero-order chi connectivity index (χ0) is 13.0. The predicted molar refractivity (Wildman–Crippen MR) is 78.9 cm³/mol. The maximum atomic E-state index is 12.1. The van der Waals surface area contributed by atoms with Gasteiger partial charge in [-0.3, -0.25) is 9.69 Å². The van der Waals surface area contributed by atoms with Crippen molar-refractivity contribution in [1.29, 1.82) is 0 Å². The first-order chi connectivity index (χ1) is 8.69. The van der Waals surface area contributed by atoms with Crippen LogP contribution in [0.2, 0.25) is 4.34 Å². The van der Waals surface area contributed by atoms with Crippen LogP contribution in [0.5, 0.6) is 0 Å². The maximum absolute atomic E-state index is 12.1. The Kier molecular flexibility index (Phi) is 4.95. The Morgan fingerprint density at radius 1 is 1.39 bits per heavy atom. The van der Waals surface area contributed by atoms with Gasteiger partial charge in [0.2, 0.25) is 0 Å². The summed E-state index contributed by atoms with van der Waals surface area (Å²) in [6, 6.07) is 7.71. The molecule has 0 spiro atoms. The number of carbonyl (C=O) groups is 1. The van der Waals surface area contributed by atoms with E-state index in [0.717, 1.165) is 18.0 Å². The number of thiophene rings is 2. The number of Topliss-reactive ketones (excluding diaryl/α,β-unsaturated/α-hetero) is 1. The Bertz CT molecular complexity index is 507. The second-order valence-corrected chi connectivity index (χ2v) is 6.66. The van der Waals surface area contributed by atoms with Gasteiger partial charge in [-0.2, -0.15) is 0 Å². The van der Waals surface area contributed by atoms with Crippen LogP contribution in [-0.4, -0.2) is 23.8 Å². The third-order valence-corrected chi connectivity index (χ3v) is 4.76. The quantitative estimate of drug-likeness (QED) is 0.746. The third-order valence-electron chi connectivity index (χ3n) is 2.62. The van der Waals surface area contributed by atoms with E-state index in [0.29, 0.717) is 10.9 Å². The van der Waals surface area contributed by atoms with Crippen molar-refractivity contribution in [3.63, 3.8) is 0 Å². The van der Waals surface area contributed by atoms with Gasteiger partial charge in [0.25, 0.3) is 0 Å². The molecule has 2 rings (SSSR count). The first-order valence-electron chi connectivity index (χ1n) is 5.72. The van der Waals surface area contributed by atoms with Crippen LogP contribution in [0, 0.1) is 0 Å². The average Bonchev–Trinajstić information content (AvgIpc) is 2.99. The predicted octanol–water partition coefficient (Wildman–Crippen LogP) is 4.17. The molecular weight excluding hydrogens is 286 g/mol. The Labute approximate surface area is 120 Å². The average molecular weight is 300 g/mol. The number of carbonyl (C=O) groups excluding carboxylic acids is 1. The molecule has 2 aromatic heterocycles. The van der Waals surface area contributed by atoms with E-state index in [9.17, 15) is 4.79 Å². The summed E-state index contributed by atoms with van der Waals surface area (Å²) in [4.78, 5) is 16.2. The molecule has 0 unspecified atom stereocenters. The largest absolute Gasteiger partial charge is 0.292 e. The van der Waals surface area contributed by atoms with Crippen molar-refractivity contribution in [3.05, 3.63) is 43.7 Å². The molecule has 96 valence electrons. The molecule has 0 saturated heterocycles. The van der Waals surface area contributed by atoms with Crippen molar-refractivity contribution in [2.75, 3.05) is 13.1 Å². The van der Waals surface area contributed by atoms with Crippen LogP contribution < -0.4 is 0 Å². The molecule has 0 radical (unpaired) electrons. The van der Waals surface area contributed by atoms with Gasteiger partial charge in [0.15, 0.2) is 5.78 Å². The number of hydrogen-bond acceptors (Lipinski definition) is 4. The summed E-state index contributed by atoms with van der Waals surface area (Å²) in [5.41, 5.74) is 0. The lowest BCUT2D eigenvalue weighted by molar-refractivity contribution is 0.0934.